The molecule has 180 valence electrons. The van der Waals surface area contributed by atoms with Crippen LogP contribution in [-0.2, 0) is 16.0 Å². The van der Waals surface area contributed by atoms with E-state index in [9.17, 15) is 19.1 Å². The summed E-state index contributed by atoms with van der Waals surface area (Å²) in [6.07, 6.45) is 0.704. The van der Waals surface area contributed by atoms with Crippen molar-refractivity contribution in [2.24, 2.45) is 0 Å². The number of carbonyl (C=O) groups is 2. The van der Waals surface area contributed by atoms with Crippen LogP contribution in [0.1, 0.15) is 29.7 Å². The number of aromatic nitrogens is 1. The third kappa shape index (κ3) is 3.70. The molecule has 1 aromatic heterocycles. The Labute approximate surface area is 217 Å². The Morgan fingerprint density at radius 1 is 1.17 bits per heavy atom. The summed E-state index contributed by atoms with van der Waals surface area (Å²) < 4.78 is 20.9. The molecule has 0 unspecified atom stereocenters. The topological polar surface area (TPSA) is 79.7 Å². The van der Waals surface area contributed by atoms with E-state index in [1.165, 1.54) is 23.1 Å². The number of amides is 1. The predicted molar refractivity (Wildman–Crippen MR) is 139 cm³/mol. The first-order valence-corrected chi connectivity index (χ1v) is 12.8. The molecular weight excluding hydrogens is 547 g/mol. The summed E-state index contributed by atoms with van der Waals surface area (Å²) in [5.41, 5.74) is 2.45. The lowest BCUT2D eigenvalue weighted by atomic mass is 9.94. The highest BCUT2D eigenvalue weighted by Gasteiger charge is 2.48. The lowest BCUT2D eigenvalue weighted by Crippen LogP contribution is -2.29. The molecule has 4 aromatic rings. The molecule has 1 saturated heterocycles. The highest BCUT2D eigenvalue weighted by Crippen LogP contribution is 2.45. The molecule has 1 amide bonds. The third-order valence-electron chi connectivity index (χ3n) is 6.32. The molecule has 2 aliphatic heterocycles. The van der Waals surface area contributed by atoms with Gasteiger partial charge in [-0.1, -0.05) is 39.4 Å². The summed E-state index contributed by atoms with van der Waals surface area (Å²) in [4.78, 5) is 32.6. The van der Waals surface area contributed by atoms with E-state index >= 15 is 0 Å². The number of aliphatic hydroxyl groups excluding tert-OH is 1. The van der Waals surface area contributed by atoms with Gasteiger partial charge in [-0.05, 0) is 66.6 Å². The number of halogens is 2. The van der Waals surface area contributed by atoms with Crippen LogP contribution in [0, 0.1) is 5.82 Å². The van der Waals surface area contributed by atoms with Gasteiger partial charge >= 0.3 is 5.91 Å². The van der Waals surface area contributed by atoms with Crippen LogP contribution >= 0.6 is 27.3 Å². The number of ketones is 1. The molecule has 36 heavy (non-hydrogen) atoms. The number of hydrogen-bond donors (Lipinski definition) is 1. The molecule has 0 bridgehead atoms. The Morgan fingerprint density at radius 3 is 2.81 bits per heavy atom. The highest BCUT2D eigenvalue weighted by molar-refractivity contribution is 9.10. The number of nitrogens with zero attached hydrogens (tertiary/aromatic N) is 2. The van der Waals surface area contributed by atoms with Gasteiger partial charge in [0.1, 0.15) is 23.4 Å². The second-order valence-electron chi connectivity index (χ2n) is 8.79. The van der Waals surface area contributed by atoms with Crippen LogP contribution in [0.15, 0.2) is 70.7 Å². The number of thiazole rings is 1. The minimum atomic E-state index is -0.920. The second-order valence-corrected chi connectivity index (χ2v) is 10.7. The zero-order valence-electron chi connectivity index (χ0n) is 18.9. The maximum Gasteiger partial charge on any atom is 0.301 e. The Balaban J connectivity index is 1.54. The summed E-state index contributed by atoms with van der Waals surface area (Å²) in [5, 5.41) is 11.7. The molecular formula is C27H18BrFN2O4S. The van der Waals surface area contributed by atoms with Gasteiger partial charge < -0.3 is 9.84 Å². The smallest absolute Gasteiger partial charge is 0.301 e. The quantitative estimate of drug-likeness (QED) is 0.183. The highest BCUT2D eigenvalue weighted by atomic mass is 79.9. The SMILES string of the molecule is C[C@H]1Cc2cc(/C(O)=C3\C(=O)C(=O)N(c4nc5ccc(F)cc5s4)[C@@H]3c3cccc(Br)c3)ccc2O1. The van der Waals surface area contributed by atoms with Gasteiger partial charge in [0, 0.05) is 16.5 Å². The third-order valence-corrected chi connectivity index (χ3v) is 7.83. The van der Waals surface area contributed by atoms with Crippen molar-refractivity contribution in [3.8, 4) is 5.75 Å². The average Bonchev–Trinajstić information content (AvgIpc) is 3.50. The minimum Gasteiger partial charge on any atom is -0.507 e. The number of hydrogen-bond acceptors (Lipinski definition) is 6. The van der Waals surface area contributed by atoms with Crippen LogP contribution < -0.4 is 9.64 Å². The van der Waals surface area contributed by atoms with E-state index in [1.807, 2.05) is 13.0 Å². The molecule has 9 heteroatoms. The molecule has 1 N–H and O–H groups in total. The number of aliphatic hydroxyl groups is 1. The Bertz CT molecular complexity index is 1610. The first kappa shape index (κ1) is 22.9. The Hall–Kier alpha value is -3.56. The summed E-state index contributed by atoms with van der Waals surface area (Å²) in [5.74, 6) is -1.56. The molecule has 6 nitrogen and oxygen atoms in total. The fraction of sp³-hybridized carbons (Fsp3) is 0.148. The van der Waals surface area contributed by atoms with E-state index in [2.05, 4.69) is 20.9 Å². The molecule has 3 aromatic carbocycles. The normalized spacial score (nSPS) is 20.7. The van der Waals surface area contributed by atoms with Gasteiger partial charge in [0.15, 0.2) is 5.13 Å². The van der Waals surface area contributed by atoms with Crippen LogP contribution in [0.2, 0.25) is 0 Å². The fourth-order valence-electron chi connectivity index (χ4n) is 4.74. The molecule has 6 rings (SSSR count). The predicted octanol–water partition coefficient (Wildman–Crippen LogP) is 6.15. The fourth-order valence-corrected chi connectivity index (χ4v) is 6.17. The van der Waals surface area contributed by atoms with Gasteiger partial charge in [0.05, 0.1) is 21.8 Å². The number of carbonyl (C=O) groups excluding carboxylic acids is 2. The lowest BCUT2D eigenvalue weighted by Gasteiger charge is -2.23. The maximum atomic E-state index is 13.8. The van der Waals surface area contributed by atoms with Gasteiger partial charge in [-0.25, -0.2) is 9.37 Å². The van der Waals surface area contributed by atoms with Crippen LogP contribution in [0.4, 0.5) is 9.52 Å². The van der Waals surface area contributed by atoms with Gasteiger partial charge in [0.2, 0.25) is 0 Å². The van der Waals surface area contributed by atoms with E-state index in [0.717, 1.165) is 27.1 Å². The van der Waals surface area contributed by atoms with Gasteiger partial charge in [-0.2, -0.15) is 0 Å². The summed E-state index contributed by atoms with van der Waals surface area (Å²) in [7, 11) is 0. The van der Waals surface area contributed by atoms with Gasteiger partial charge in [-0.3, -0.25) is 14.5 Å². The first-order valence-electron chi connectivity index (χ1n) is 11.2. The molecule has 0 spiro atoms. The van der Waals surface area contributed by atoms with Gasteiger partial charge in [0.25, 0.3) is 5.78 Å². The van der Waals surface area contributed by atoms with Crippen molar-refractivity contribution in [3.63, 3.8) is 0 Å². The standard InChI is InChI=1S/C27H18BrFN2O4S/c1-13-9-16-10-15(5-8-20(16)35-13)24(32)22-23(14-3-2-4-17(28)11-14)31(26(34)25(22)33)27-30-19-7-6-18(29)12-21(19)36-27/h2-8,10-13,23,32H,9H2,1H3/b24-22+/t13-,23+/m0/s1. The van der Waals surface area contributed by atoms with Gasteiger partial charge in [-0.15, -0.1) is 0 Å². The number of benzene rings is 3. The first-order chi connectivity index (χ1) is 17.3. The van der Waals surface area contributed by atoms with E-state index in [4.69, 9.17) is 4.74 Å². The van der Waals surface area contributed by atoms with Crippen molar-refractivity contribution in [3.05, 3.63) is 93.2 Å². The van der Waals surface area contributed by atoms with Crippen molar-refractivity contribution in [2.75, 3.05) is 4.90 Å². The average molecular weight is 565 g/mol. The number of fused-ring (bicyclic) bond motifs is 2. The van der Waals surface area contributed by atoms with E-state index in [1.54, 1.807) is 36.4 Å². The zero-order valence-corrected chi connectivity index (χ0v) is 21.3. The number of Topliss-reactive ketones (excluding diaryl/α,β-unsaturated/α-hetero) is 1. The van der Waals surface area contributed by atoms with Crippen LogP contribution in [0.25, 0.3) is 16.0 Å². The Morgan fingerprint density at radius 2 is 2.00 bits per heavy atom. The molecule has 1 fully saturated rings. The molecule has 0 saturated carbocycles. The Kier molecular flexibility index (Phi) is 5.42. The second kappa shape index (κ2) is 8.53. The van der Waals surface area contributed by atoms with Crippen LogP contribution in [0.5, 0.6) is 5.75 Å². The number of ether oxygens (including phenoxy) is 1. The number of rotatable bonds is 3. The molecule has 0 aliphatic carbocycles. The van der Waals surface area contributed by atoms with Crippen molar-refractivity contribution in [1.82, 2.24) is 4.98 Å². The van der Waals surface area contributed by atoms with Crippen LogP contribution in [-0.4, -0.2) is 27.9 Å². The van der Waals surface area contributed by atoms with Crippen LogP contribution in [0.3, 0.4) is 0 Å². The van der Waals surface area contributed by atoms with Crippen molar-refractivity contribution in [1.29, 1.82) is 0 Å². The summed E-state index contributed by atoms with van der Waals surface area (Å²) >= 11 is 4.57. The van der Waals surface area contributed by atoms with Crippen molar-refractivity contribution < 1.29 is 23.8 Å². The largest absolute Gasteiger partial charge is 0.507 e. The summed E-state index contributed by atoms with van der Waals surface area (Å²) in [6, 6.07) is 15.7. The molecule has 3 heterocycles. The molecule has 2 aliphatic rings. The van der Waals surface area contributed by atoms with E-state index in [0.29, 0.717) is 27.8 Å². The minimum absolute atomic E-state index is 0.0218. The summed E-state index contributed by atoms with van der Waals surface area (Å²) in [6.45, 7) is 1.96. The van der Waals surface area contributed by atoms with Crippen molar-refractivity contribution in [2.45, 2.75) is 25.5 Å². The monoisotopic (exact) mass is 564 g/mol. The van der Waals surface area contributed by atoms with Crippen molar-refractivity contribution >= 4 is 60.1 Å². The lowest BCUT2D eigenvalue weighted by molar-refractivity contribution is -0.132. The zero-order chi connectivity index (χ0) is 25.1. The van der Waals surface area contributed by atoms with E-state index < -0.39 is 23.5 Å². The number of anilines is 1. The molecule has 2 atom stereocenters. The van der Waals surface area contributed by atoms with E-state index in [-0.39, 0.29) is 22.6 Å². The maximum absolute atomic E-state index is 13.8. The molecule has 0 radical (unpaired) electrons.